The highest BCUT2D eigenvalue weighted by Gasteiger charge is 2.11. The highest BCUT2D eigenvalue weighted by Crippen LogP contribution is 2.25. The number of anilines is 2. The van der Waals surface area contributed by atoms with Crippen LogP contribution in [0, 0.1) is 6.92 Å². The van der Waals surface area contributed by atoms with Crippen molar-refractivity contribution in [1.82, 2.24) is 5.32 Å². The SMILES string of the molecule is CCC(=O)Nc1cc(NC(=S)NC(=O)c2ccc(OC)c(Br)c2)ccc1C. The van der Waals surface area contributed by atoms with Crippen LogP contribution in [0.1, 0.15) is 29.3 Å². The van der Waals surface area contributed by atoms with Gasteiger partial charge in [0.25, 0.3) is 5.91 Å². The van der Waals surface area contributed by atoms with Crippen molar-refractivity contribution in [2.75, 3.05) is 17.7 Å². The molecule has 0 radical (unpaired) electrons. The van der Waals surface area contributed by atoms with Crippen LogP contribution in [0.2, 0.25) is 0 Å². The molecule has 0 unspecified atom stereocenters. The van der Waals surface area contributed by atoms with E-state index in [2.05, 4.69) is 31.9 Å². The summed E-state index contributed by atoms with van der Waals surface area (Å²) in [7, 11) is 1.55. The topological polar surface area (TPSA) is 79.5 Å². The molecule has 0 fully saturated rings. The summed E-state index contributed by atoms with van der Waals surface area (Å²) >= 11 is 8.56. The molecule has 0 aliphatic carbocycles. The third-order valence-electron chi connectivity index (χ3n) is 3.73. The summed E-state index contributed by atoms with van der Waals surface area (Å²) in [4.78, 5) is 24.0. The zero-order chi connectivity index (χ0) is 20.0. The standard InChI is InChI=1S/C19H20BrN3O3S/c1-4-17(24)22-15-10-13(7-5-11(15)2)21-19(27)23-18(25)12-6-8-16(26-3)14(20)9-12/h5-10H,4H2,1-3H3,(H,22,24)(H2,21,23,25,27). The van der Waals surface area contributed by atoms with Crippen LogP contribution < -0.4 is 20.7 Å². The number of nitrogens with one attached hydrogen (secondary N) is 3. The molecule has 0 aliphatic rings. The van der Waals surface area contributed by atoms with Crippen molar-refractivity contribution in [2.24, 2.45) is 0 Å². The van der Waals surface area contributed by atoms with E-state index < -0.39 is 0 Å². The van der Waals surface area contributed by atoms with Crippen molar-refractivity contribution in [1.29, 1.82) is 0 Å². The number of aryl methyl sites for hydroxylation is 1. The van der Waals surface area contributed by atoms with Crippen LogP contribution in [-0.4, -0.2) is 24.0 Å². The van der Waals surface area contributed by atoms with Gasteiger partial charge in [0.2, 0.25) is 5.91 Å². The number of amides is 2. The Morgan fingerprint density at radius 1 is 1.15 bits per heavy atom. The average molecular weight is 450 g/mol. The fourth-order valence-corrected chi connectivity index (χ4v) is 2.97. The van der Waals surface area contributed by atoms with Gasteiger partial charge in [0.05, 0.1) is 11.6 Å². The Balaban J connectivity index is 2.05. The molecule has 6 nitrogen and oxygen atoms in total. The second-order valence-electron chi connectivity index (χ2n) is 5.69. The Labute approximate surface area is 171 Å². The first-order chi connectivity index (χ1) is 12.8. The smallest absolute Gasteiger partial charge is 0.257 e. The Morgan fingerprint density at radius 2 is 1.89 bits per heavy atom. The van der Waals surface area contributed by atoms with Gasteiger partial charge in [-0.15, -0.1) is 0 Å². The largest absolute Gasteiger partial charge is 0.496 e. The zero-order valence-electron chi connectivity index (χ0n) is 15.2. The molecule has 0 aliphatic heterocycles. The second-order valence-corrected chi connectivity index (χ2v) is 6.95. The van der Waals surface area contributed by atoms with Crippen LogP contribution in [0.5, 0.6) is 5.75 Å². The lowest BCUT2D eigenvalue weighted by molar-refractivity contribution is -0.115. The molecule has 0 bridgehead atoms. The molecule has 0 spiro atoms. The Bertz CT molecular complexity index is 886. The molecule has 0 heterocycles. The first-order valence-electron chi connectivity index (χ1n) is 8.20. The first kappa shape index (κ1) is 20.9. The van der Waals surface area contributed by atoms with Crippen LogP contribution in [0.3, 0.4) is 0 Å². The van der Waals surface area contributed by atoms with Gasteiger partial charge >= 0.3 is 0 Å². The summed E-state index contributed by atoms with van der Waals surface area (Å²) in [6.45, 7) is 3.69. The second kappa shape index (κ2) is 9.48. The van der Waals surface area contributed by atoms with Crippen LogP contribution in [0.4, 0.5) is 11.4 Å². The summed E-state index contributed by atoms with van der Waals surface area (Å²) in [5, 5.41) is 8.56. The van der Waals surface area contributed by atoms with Crippen LogP contribution in [0.25, 0.3) is 0 Å². The quantitative estimate of drug-likeness (QED) is 0.594. The van der Waals surface area contributed by atoms with Crippen molar-refractivity contribution in [3.05, 3.63) is 52.0 Å². The highest BCUT2D eigenvalue weighted by molar-refractivity contribution is 9.10. The van der Waals surface area contributed by atoms with E-state index in [1.54, 1.807) is 38.3 Å². The number of thiocarbonyl (C=S) groups is 1. The maximum atomic E-state index is 12.3. The van der Waals surface area contributed by atoms with Crippen molar-refractivity contribution >= 4 is 56.4 Å². The number of carbonyl (C=O) groups excluding carboxylic acids is 2. The van der Waals surface area contributed by atoms with Crippen molar-refractivity contribution in [3.8, 4) is 5.75 Å². The van der Waals surface area contributed by atoms with Gasteiger partial charge in [-0.2, -0.15) is 0 Å². The van der Waals surface area contributed by atoms with Gasteiger partial charge in [-0.25, -0.2) is 0 Å². The Hall–Kier alpha value is -2.45. The van der Waals surface area contributed by atoms with Gasteiger partial charge in [-0.05, 0) is 71.0 Å². The van der Waals surface area contributed by atoms with E-state index >= 15 is 0 Å². The van der Waals surface area contributed by atoms with Crippen molar-refractivity contribution in [2.45, 2.75) is 20.3 Å². The molecule has 0 saturated heterocycles. The molecule has 142 valence electrons. The van der Waals surface area contributed by atoms with Gasteiger partial charge < -0.3 is 15.4 Å². The first-order valence-corrected chi connectivity index (χ1v) is 9.40. The minimum atomic E-state index is -0.345. The molecule has 2 aromatic carbocycles. The molecule has 2 rings (SSSR count). The number of ether oxygens (including phenoxy) is 1. The number of hydrogen-bond acceptors (Lipinski definition) is 4. The predicted octanol–water partition coefficient (Wildman–Crippen LogP) is 4.24. The van der Waals surface area contributed by atoms with Gasteiger partial charge in [0, 0.05) is 23.4 Å². The molecule has 2 aromatic rings. The van der Waals surface area contributed by atoms with E-state index in [4.69, 9.17) is 17.0 Å². The van der Waals surface area contributed by atoms with Crippen LogP contribution in [0.15, 0.2) is 40.9 Å². The highest BCUT2D eigenvalue weighted by atomic mass is 79.9. The summed E-state index contributed by atoms with van der Waals surface area (Å²) in [6.07, 6.45) is 0.392. The Kier molecular flexibility index (Phi) is 7.32. The fraction of sp³-hybridized carbons (Fsp3) is 0.211. The summed E-state index contributed by atoms with van der Waals surface area (Å²) in [6, 6.07) is 10.4. The molecule has 0 aromatic heterocycles. The number of benzene rings is 2. The van der Waals surface area contributed by atoms with Gasteiger partial charge in [-0.3, -0.25) is 14.9 Å². The molecular weight excluding hydrogens is 430 g/mol. The zero-order valence-corrected chi connectivity index (χ0v) is 17.6. The molecule has 3 N–H and O–H groups in total. The number of methoxy groups -OCH3 is 1. The normalized spacial score (nSPS) is 10.1. The van der Waals surface area contributed by atoms with E-state index in [1.807, 2.05) is 19.1 Å². The van der Waals surface area contributed by atoms with E-state index in [-0.39, 0.29) is 16.9 Å². The predicted molar refractivity (Wildman–Crippen MR) is 114 cm³/mol. The number of rotatable bonds is 5. The van der Waals surface area contributed by atoms with E-state index in [0.717, 1.165) is 5.56 Å². The minimum absolute atomic E-state index is 0.0730. The Morgan fingerprint density at radius 3 is 2.52 bits per heavy atom. The lowest BCUT2D eigenvalue weighted by Gasteiger charge is -2.13. The maximum absolute atomic E-state index is 12.3. The molecule has 0 atom stereocenters. The number of halogens is 1. The van der Waals surface area contributed by atoms with Gasteiger partial charge in [0.1, 0.15) is 5.75 Å². The van der Waals surface area contributed by atoms with E-state index in [0.29, 0.717) is 33.6 Å². The summed E-state index contributed by atoms with van der Waals surface area (Å²) in [5.74, 6) is 0.215. The summed E-state index contributed by atoms with van der Waals surface area (Å²) < 4.78 is 5.82. The third-order valence-corrected chi connectivity index (χ3v) is 4.56. The monoisotopic (exact) mass is 449 g/mol. The number of carbonyl (C=O) groups is 2. The van der Waals surface area contributed by atoms with E-state index in [9.17, 15) is 9.59 Å². The van der Waals surface area contributed by atoms with Gasteiger partial charge in [-0.1, -0.05) is 13.0 Å². The maximum Gasteiger partial charge on any atom is 0.257 e. The van der Waals surface area contributed by atoms with Crippen molar-refractivity contribution < 1.29 is 14.3 Å². The molecule has 27 heavy (non-hydrogen) atoms. The van der Waals surface area contributed by atoms with Crippen LogP contribution >= 0.6 is 28.1 Å². The van der Waals surface area contributed by atoms with E-state index in [1.165, 1.54) is 0 Å². The lowest BCUT2D eigenvalue weighted by Crippen LogP contribution is -2.34. The lowest BCUT2D eigenvalue weighted by atomic mass is 10.1. The fourth-order valence-electron chi connectivity index (χ4n) is 2.22. The minimum Gasteiger partial charge on any atom is -0.496 e. The van der Waals surface area contributed by atoms with Gasteiger partial charge in [0.15, 0.2) is 5.11 Å². The molecule has 2 amide bonds. The van der Waals surface area contributed by atoms with Crippen molar-refractivity contribution in [3.63, 3.8) is 0 Å². The molecular formula is C19H20BrN3O3S. The molecule has 8 heteroatoms. The number of hydrogen-bond donors (Lipinski definition) is 3. The van der Waals surface area contributed by atoms with Crippen LogP contribution in [-0.2, 0) is 4.79 Å². The summed E-state index contributed by atoms with van der Waals surface area (Å²) in [5.41, 5.74) is 2.72. The molecule has 0 saturated carbocycles. The average Bonchev–Trinajstić information content (AvgIpc) is 2.64. The third kappa shape index (κ3) is 5.77.